The Morgan fingerprint density at radius 3 is 2.78 bits per heavy atom. The highest BCUT2D eigenvalue weighted by Gasteiger charge is 2.16. The average molecular weight is 246 g/mol. The van der Waals surface area contributed by atoms with Crippen molar-refractivity contribution in [2.24, 2.45) is 0 Å². The maximum absolute atomic E-state index is 10.9. The van der Waals surface area contributed by atoms with Crippen molar-refractivity contribution in [3.63, 3.8) is 0 Å². The first-order chi connectivity index (χ1) is 8.58. The van der Waals surface area contributed by atoms with Crippen LogP contribution < -0.4 is 5.32 Å². The molecule has 1 aromatic carbocycles. The normalized spacial score (nSPS) is 12.1. The van der Waals surface area contributed by atoms with E-state index >= 15 is 0 Å². The van der Waals surface area contributed by atoms with E-state index in [2.05, 4.69) is 5.32 Å². The number of rotatable bonds is 4. The number of hydrogen-bond donors (Lipinski definition) is 1. The van der Waals surface area contributed by atoms with Gasteiger partial charge in [0.05, 0.1) is 17.2 Å². The maximum atomic E-state index is 10.9. The van der Waals surface area contributed by atoms with Gasteiger partial charge in [-0.15, -0.1) is 0 Å². The van der Waals surface area contributed by atoms with Crippen LogP contribution in [0.3, 0.4) is 0 Å². The smallest absolute Gasteiger partial charge is 0.292 e. The van der Waals surface area contributed by atoms with Crippen LogP contribution in [-0.4, -0.2) is 4.92 Å². The predicted molar refractivity (Wildman–Crippen MR) is 68.6 cm³/mol. The van der Waals surface area contributed by atoms with E-state index in [9.17, 15) is 10.1 Å². The minimum Gasteiger partial charge on any atom is -0.467 e. The van der Waals surface area contributed by atoms with E-state index in [-0.39, 0.29) is 11.7 Å². The van der Waals surface area contributed by atoms with E-state index in [1.165, 1.54) is 6.07 Å². The van der Waals surface area contributed by atoms with Crippen molar-refractivity contribution in [3.8, 4) is 0 Å². The highest BCUT2D eigenvalue weighted by Crippen LogP contribution is 2.29. The summed E-state index contributed by atoms with van der Waals surface area (Å²) in [7, 11) is 0. The molecule has 1 N–H and O–H groups in total. The zero-order valence-corrected chi connectivity index (χ0v) is 10.2. The molecule has 0 aliphatic carbocycles. The first-order valence-corrected chi connectivity index (χ1v) is 5.63. The van der Waals surface area contributed by atoms with Gasteiger partial charge in [-0.05, 0) is 37.6 Å². The highest BCUT2D eigenvalue weighted by atomic mass is 16.6. The van der Waals surface area contributed by atoms with E-state index in [0.717, 1.165) is 11.3 Å². The number of anilines is 1. The van der Waals surface area contributed by atoms with Crippen LogP contribution in [-0.2, 0) is 0 Å². The molecule has 1 aromatic heterocycles. The van der Waals surface area contributed by atoms with Crippen LogP contribution in [0.2, 0.25) is 0 Å². The lowest BCUT2D eigenvalue weighted by atomic mass is 10.1. The van der Waals surface area contributed by atoms with Crippen molar-refractivity contribution < 1.29 is 9.34 Å². The fourth-order valence-corrected chi connectivity index (χ4v) is 1.77. The summed E-state index contributed by atoms with van der Waals surface area (Å²) >= 11 is 0. The van der Waals surface area contributed by atoms with Crippen LogP contribution >= 0.6 is 0 Å². The molecule has 0 spiro atoms. The number of nitro benzene ring substituents is 1. The summed E-state index contributed by atoms with van der Waals surface area (Å²) in [6, 6.07) is 8.49. The predicted octanol–water partition coefficient (Wildman–Crippen LogP) is 3.67. The summed E-state index contributed by atoms with van der Waals surface area (Å²) in [5, 5.41) is 14.0. The third-order valence-corrected chi connectivity index (χ3v) is 2.69. The molecule has 1 heterocycles. The molecule has 0 saturated carbocycles. The molecule has 94 valence electrons. The third-order valence-electron chi connectivity index (χ3n) is 2.69. The summed E-state index contributed by atoms with van der Waals surface area (Å²) in [5.41, 5.74) is 1.54. The topological polar surface area (TPSA) is 68.3 Å². The van der Waals surface area contributed by atoms with Gasteiger partial charge in [-0.1, -0.05) is 6.07 Å². The second-order valence-corrected chi connectivity index (χ2v) is 4.16. The second-order valence-electron chi connectivity index (χ2n) is 4.16. The number of hydrogen-bond acceptors (Lipinski definition) is 4. The molecule has 0 radical (unpaired) electrons. The van der Waals surface area contributed by atoms with E-state index in [1.54, 1.807) is 24.5 Å². The van der Waals surface area contributed by atoms with Gasteiger partial charge < -0.3 is 9.73 Å². The van der Waals surface area contributed by atoms with Gasteiger partial charge >= 0.3 is 0 Å². The van der Waals surface area contributed by atoms with Crippen LogP contribution in [0.4, 0.5) is 11.4 Å². The van der Waals surface area contributed by atoms with Crippen LogP contribution in [0.15, 0.2) is 41.0 Å². The number of benzene rings is 1. The van der Waals surface area contributed by atoms with Crippen LogP contribution in [0.1, 0.15) is 24.3 Å². The number of nitrogens with one attached hydrogen (secondary N) is 1. The Hall–Kier alpha value is -2.30. The Kier molecular flexibility index (Phi) is 3.32. The fraction of sp³-hybridized carbons (Fsp3) is 0.231. The van der Waals surface area contributed by atoms with E-state index in [4.69, 9.17) is 4.42 Å². The molecule has 2 rings (SSSR count). The fourth-order valence-electron chi connectivity index (χ4n) is 1.77. The standard InChI is InChI=1S/C13H14N2O3/c1-9-5-6-12(15(16)17)11(8-9)14-10(2)13-4-3-7-18-13/h3-8,10,14H,1-2H3. The largest absolute Gasteiger partial charge is 0.467 e. The first-order valence-electron chi connectivity index (χ1n) is 5.63. The third kappa shape index (κ3) is 2.51. The molecule has 5 heteroatoms. The van der Waals surface area contributed by atoms with Crippen molar-refractivity contribution >= 4 is 11.4 Å². The number of aryl methyl sites for hydroxylation is 1. The molecule has 0 aliphatic rings. The minimum absolute atomic E-state index is 0.0685. The lowest BCUT2D eigenvalue weighted by molar-refractivity contribution is -0.384. The zero-order valence-electron chi connectivity index (χ0n) is 10.2. The first kappa shape index (κ1) is 12.2. The van der Waals surface area contributed by atoms with Gasteiger partial charge in [0.15, 0.2) is 0 Å². The van der Waals surface area contributed by atoms with E-state index in [0.29, 0.717) is 5.69 Å². The summed E-state index contributed by atoms with van der Waals surface area (Å²) in [6.07, 6.45) is 1.58. The van der Waals surface area contributed by atoms with E-state index < -0.39 is 4.92 Å². The Bertz CT molecular complexity index is 549. The van der Waals surface area contributed by atoms with Crippen LogP contribution in [0.5, 0.6) is 0 Å². The van der Waals surface area contributed by atoms with Crippen molar-refractivity contribution in [1.82, 2.24) is 0 Å². The van der Waals surface area contributed by atoms with Gasteiger partial charge in [-0.25, -0.2) is 0 Å². The second kappa shape index (κ2) is 4.91. The molecule has 1 unspecified atom stereocenters. The summed E-state index contributed by atoms with van der Waals surface area (Å²) in [4.78, 5) is 10.6. The zero-order chi connectivity index (χ0) is 13.1. The monoisotopic (exact) mass is 246 g/mol. The molecule has 0 saturated heterocycles. The molecule has 18 heavy (non-hydrogen) atoms. The van der Waals surface area contributed by atoms with Gasteiger partial charge in [0.1, 0.15) is 11.4 Å². The minimum atomic E-state index is -0.392. The van der Waals surface area contributed by atoms with Crippen molar-refractivity contribution in [3.05, 3.63) is 58.0 Å². The van der Waals surface area contributed by atoms with Gasteiger partial charge in [-0.2, -0.15) is 0 Å². The van der Waals surface area contributed by atoms with Gasteiger partial charge in [0, 0.05) is 6.07 Å². The highest BCUT2D eigenvalue weighted by molar-refractivity contribution is 5.63. The molecule has 0 aliphatic heterocycles. The molecule has 1 atom stereocenters. The molecule has 0 amide bonds. The SMILES string of the molecule is Cc1ccc([N+](=O)[O-])c(NC(C)c2ccco2)c1. The lowest BCUT2D eigenvalue weighted by Crippen LogP contribution is -2.07. The van der Waals surface area contributed by atoms with E-state index in [1.807, 2.05) is 19.9 Å². The van der Waals surface area contributed by atoms with Crippen LogP contribution in [0, 0.1) is 17.0 Å². The molecule has 0 fully saturated rings. The van der Waals surface area contributed by atoms with Gasteiger partial charge in [0.2, 0.25) is 0 Å². The Labute approximate surface area is 105 Å². The van der Waals surface area contributed by atoms with Gasteiger partial charge in [-0.3, -0.25) is 10.1 Å². The van der Waals surface area contributed by atoms with Crippen LogP contribution in [0.25, 0.3) is 0 Å². The molecular formula is C13H14N2O3. The Morgan fingerprint density at radius 2 is 2.17 bits per heavy atom. The van der Waals surface area contributed by atoms with Gasteiger partial charge in [0.25, 0.3) is 5.69 Å². The number of nitro groups is 1. The summed E-state index contributed by atoms with van der Waals surface area (Å²) in [6.45, 7) is 3.79. The lowest BCUT2D eigenvalue weighted by Gasteiger charge is -2.13. The molecule has 2 aromatic rings. The number of furan rings is 1. The Balaban J connectivity index is 2.28. The molecular weight excluding hydrogens is 232 g/mol. The summed E-state index contributed by atoms with van der Waals surface area (Å²) in [5.74, 6) is 0.741. The number of nitrogens with zero attached hydrogens (tertiary/aromatic N) is 1. The summed E-state index contributed by atoms with van der Waals surface area (Å²) < 4.78 is 5.27. The molecule has 0 bridgehead atoms. The maximum Gasteiger partial charge on any atom is 0.292 e. The van der Waals surface area contributed by atoms with Crippen molar-refractivity contribution in [1.29, 1.82) is 0 Å². The average Bonchev–Trinajstić information content (AvgIpc) is 2.81. The van der Waals surface area contributed by atoms with Crippen molar-refractivity contribution in [2.75, 3.05) is 5.32 Å². The van der Waals surface area contributed by atoms with Crippen molar-refractivity contribution in [2.45, 2.75) is 19.9 Å². The molecule has 5 nitrogen and oxygen atoms in total. The Morgan fingerprint density at radius 1 is 1.39 bits per heavy atom. The quantitative estimate of drug-likeness (QED) is 0.660.